The summed E-state index contributed by atoms with van der Waals surface area (Å²) in [4.78, 5) is 47.0. The van der Waals surface area contributed by atoms with Crippen molar-refractivity contribution in [1.29, 1.82) is 0 Å². The molecule has 3 heterocycles. The Morgan fingerprint density at radius 1 is 1.28 bits per heavy atom. The number of carboxylic acid groups (broad SMARTS) is 1. The Balaban J connectivity index is 1.47. The van der Waals surface area contributed by atoms with Crippen LogP contribution < -0.4 is 26.2 Å². The minimum atomic E-state index is -5.04. The Morgan fingerprint density at radius 2 is 1.96 bits per heavy atom. The first kappa shape index (κ1) is 35.5. The lowest BCUT2D eigenvalue weighted by atomic mass is 9.84. The summed E-state index contributed by atoms with van der Waals surface area (Å²) in [6, 6.07) is 5.53. The molecular weight excluding hydrogens is 684 g/mol. The number of thiazole rings is 1. The van der Waals surface area contributed by atoms with Crippen molar-refractivity contribution in [2.75, 3.05) is 18.9 Å². The largest absolute Gasteiger partial charge is 0.489 e. The molecule has 2 atom stereocenters. The number of β-lactam (4-membered cyclic amide) rings is 1. The Morgan fingerprint density at radius 3 is 2.51 bits per heavy atom. The maximum Gasteiger partial charge on any atom is 0.418 e. The fraction of sp³-hybridized carbons (Fsp3) is 0.385. The first-order valence-corrected chi connectivity index (χ1v) is 16.3. The van der Waals surface area contributed by atoms with Gasteiger partial charge in [0.05, 0.1) is 23.8 Å². The summed E-state index contributed by atoms with van der Waals surface area (Å²) in [7, 11) is -3.12. The van der Waals surface area contributed by atoms with Crippen molar-refractivity contribution >= 4 is 62.0 Å². The molecule has 2 amide bonds. The third-order valence-corrected chi connectivity index (χ3v) is 8.33. The van der Waals surface area contributed by atoms with Crippen molar-refractivity contribution in [2.24, 2.45) is 17.9 Å². The van der Waals surface area contributed by atoms with E-state index >= 15 is 0 Å². The van der Waals surface area contributed by atoms with Gasteiger partial charge in [-0.3, -0.25) is 14.1 Å². The maximum absolute atomic E-state index is 13.3. The van der Waals surface area contributed by atoms with E-state index in [0.717, 1.165) is 35.4 Å². The topological polar surface area (TPSA) is 255 Å². The van der Waals surface area contributed by atoms with Gasteiger partial charge in [-0.2, -0.15) is 18.2 Å². The molecule has 0 spiro atoms. The zero-order valence-electron chi connectivity index (χ0n) is 25.2. The highest BCUT2D eigenvalue weighted by molar-refractivity contribution is 7.80. The molecule has 7 N–H and O–H groups in total. The number of nitrogens with zero attached hydrogens (tertiary/aromatic N) is 5. The molecule has 0 bridgehead atoms. The van der Waals surface area contributed by atoms with E-state index in [4.69, 9.17) is 37.2 Å². The number of aryl methyl sites for hydroxylation is 2. The molecule has 1 unspecified atom stereocenters. The predicted molar refractivity (Wildman–Crippen MR) is 166 cm³/mol. The summed E-state index contributed by atoms with van der Waals surface area (Å²) < 4.78 is 44.9. The molecule has 0 radical (unpaired) electrons. The summed E-state index contributed by atoms with van der Waals surface area (Å²) >= 11 is 6.97. The lowest BCUT2D eigenvalue weighted by Gasteiger charge is -2.50. The van der Waals surface area contributed by atoms with Crippen LogP contribution in [0.5, 0.6) is 5.75 Å². The number of oxime groups is 1. The number of carboxylic acids is 1. The number of rotatable bonds is 15. The fourth-order valence-corrected chi connectivity index (χ4v) is 5.82. The minimum absolute atomic E-state index is 0.0549. The molecule has 3 aromatic rings. The Labute approximate surface area is 277 Å². The molecule has 254 valence electrons. The van der Waals surface area contributed by atoms with Crippen LogP contribution in [0.4, 0.5) is 5.13 Å². The number of hydrogen-bond donors (Lipinski definition) is 5. The standard InChI is InChI=1S/C26H31ClN8O10S2/c1-26(2)20(23(37)35(26)45-47(40,41)42)31-22(36)19(18-21(27)46-25(29)30-18)32-44-17(24(38)39)13-43-16-7-5-14(6-8-16)15-11-33(3)34(12-15)10-4-9-28/h5-8,11-12,17,20H,4,9-10,13,28H2,1-3H3,(H4-,29,30,31,36,38,39,40,41,42)/p+1/b32-19-/t17?,20-/m1/s1. The second-order valence-corrected chi connectivity index (χ2v) is 13.3. The second kappa shape index (κ2) is 14.2. The average Bonchev–Trinajstić information content (AvgIpc) is 3.54. The van der Waals surface area contributed by atoms with Crippen molar-refractivity contribution in [1.82, 2.24) is 20.0 Å². The van der Waals surface area contributed by atoms with E-state index in [1.165, 1.54) is 13.8 Å². The number of nitrogen functional groups attached to an aromatic ring is 1. The van der Waals surface area contributed by atoms with Gasteiger partial charge < -0.3 is 31.5 Å². The molecule has 4 rings (SSSR count). The summed E-state index contributed by atoms with van der Waals surface area (Å²) in [6.07, 6.45) is 3.05. The van der Waals surface area contributed by atoms with Crippen molar-refractivity contribution in [3.05, 3.63) is 46.7 Å². The van der Waals surface area contributed by atoms with Crippen molar-refractivity contribution in [3.8, 4) is 16.9 Å². The minimum Gasteiger partial charge on any atom is -0.489 e. The number of ether oxygens (including phenoxy) is 1. The number of hydroxylamine groups is 2. The Hall–Kier alpha value is -4.34. The highest BCUT2D eigenvalue weighted by Gasteiger charge is 2.58. The van der Waals surface area contributed by atoms with Gasteiger partial charge in [-0.05, 0) is 44.5 Å². The molecule has 2 aromatic heterocycles. The monoisotopic (exact) mass is 715 g/mol. The first-order chi connectivity index (χ1) is 22.0. The molecule has 1 aliphatic heterocycles. The van der Waals surface area contributed by atoms with Crippen LogP contribution in [-0.4, -0.2) is 87.1 Å². The number of nitrogens with one attached hydrogen (secondary N) is 1. The third kappa shape index (κ3) is 8.34. The number of anilines is 1. The van der Waals surface area contributed by atoms with Crippen LogP contribution in [0.15, 0.2) is 41.8 Å². The smallest absolute Gasteiger partial charge is 0.418 e. The van der Waals surface area contributed by atoms with Gasteiger partial charge in [-0.1, -0.05) is 40.2 Å². The first-order valence-electron chi connectivity index (χ1n) is 13.7. The zero-order valence-corrected chi connectivity index (χ0v) is 27.6. The normalized spacial score (nSPS) is 16.8. The number of aromatic nitrogens is 3. The third-order valence-electron chi connectivity index (χ3n) is 6.91. The molecular formula is C26H32ClN8O10S2+. The molecule has 1 aliphatic rings. The predicted octanol–water partition coefficient (Wildman–Crippen LogP) is 0.113. The molecule has 1 fully saturated rings. The number of nitrogens with two attached hydrogens (primary N) is 2. The summed E-state index contributed by atoms with van der Waals surface area (Å²) in [5, 5.41) is 16.1. The van der Waals surface area contributed by atoms with Crippen LogP contribution in [0.25, 0.3) is 11.1 Å². The SMILES string of the molecule is C[n+]1cc(-c2ccc(OCC(O/N=C(\C(=O)N[C@@H]3C(=O)N(OS(=O)(=O)O)C3(C)C)c3nc(N)sc3Cl)C(=O)O)cc2)cn1CCCN. The van der Waals surface area contributed by atoms with Crippen LogP contribution in [0, 0.1) is 0 Å². The molecule has 0 aliphatic carbocycles. The molecule has 47 heavy (non-hydrogen) atoms. The van der Waals surface area contributed by atoms with Gasteiger partial charge in [0, 0.05) is 0 Å². The van der Waals surface area contributed by atoms with Crippen LogP contribution in [0.2, 0.25) is 4.34 Å². The highest BCUT2D eigenvalue weighted by atomic mass is 35.5. The van der Waals surface area contributed by atoms with Gasteiger partial charge in [-0.25, -0.2) is 9.78 Å². The zero-order chi connectivity index (χ0) is 34.7. The number of aliphatic carboxylic acids is 1. The van der Waals surface area contributed by atoms with E-state index in [1.54, 1.807) is 24.3 Å². The van der Waals surface area contributed by atoms with Crippen molar-refractivity contribution < 1.29 is 51.0 Å². The van der Waals surface area contributed by atoms with Crippen LogP contribution in [-0.2, 0) is 47.5 Å². The number of amides is 2. The van der Waals surface area contributed by atoms with Gasteiger partial charge in [0.2, 0.25) is 6.20 Å². The number of benzene rings is 1. The van der Waals surface area contributed by atoms with Gasteiger partial charge in [0.15, 0.2) is 17.9 Å². The van der Waals surface area contributed by atoms with Crippen molar-refractivity contribution in [2.45, 2.75) is 44.5 Å². The molecule has 18 nitrogen and oxygen atoms in total. The Kier molecular flexibility index (Phi) is 10.7. The van der Waals surface area contributed by atoms with E-state index in [9.17, 15) is 27.9 Å². The summed E-state index contributed by atoms with van der Waals surface area (Å²) in [5.74, 6) is -3.27. The van der Waals surface area contributed by atoms with Gasteiger partial charge in [-0.15, -0.1) is 8.97 Å². The van der Waals surface area contributed by atoms with E-state index < -0.39 is 58.2 Å². The number of hydrogen-bond acceptors (Lipinski definition) is 13. The van der Waals surface area contributed by atoms with E-state index in [-0.39, 0.29) is 15.2 Å². The Bertz CT molecular complexity index is 1790. The van der Waals surface area contributed by atoms with Crippen LogP contribution in [0.1, 0.15) is 26.0 Å². The molecule has 0 saturated carbocycles. The lowest BCUT2D eigenvalue weighted by Crippen LogP contribution is -2.76. The van der Waals surface area contributed by atoms with Crippen LogP contribution in [0.3, 0.4) is 0 Å². The summed E-state index contributed by atoms with van der Waals surface area (Å²) in [5.41, 5.74) is 10.8. The lowest BCUT2D eigenvalue weighted by molar-refractivity contribution is -0.753. The van der Waals surface area contributed by atoms with Gasteiger partial charge in [0.1, 0.15) is 28.4 Å². The van der Waals surface area contributed by atoms with Gasteiger partial charge in [0.25, 0.3) is 17.9 Å². The molecule has 21 heteroatoms. The average molecular weight is 716 g/mol. The molecule has 1 aromatic carbocycles. The number of halogens is 1. The van der Waals surface area contributed by atoms with E-state index in [0.29, 0.717) is 17.4 Å². The van der Waals surface area contributed by atoms with Crippen LogP contribution >= 0.6 is 22.9 Å². The van der Waals surface area contributed by atoms with Gasteiger partial charge >= 0.3 is 16.4 Å². The summed E-state index contributed by atoms with van der Waals surface area (Å²) in [6.45, 7) is 3.50. The quantitative estimate of drug-likeness (QED) is 0.0461. The number of carbonyl (C=O) groups excluding carboxylic acids is 2. The maximum atomic E-state index is 13.3. The van der Waals surface area contributed by atoms with E-state index in [2.05, 4.69) is 19.7 Å². The van der Waals surface area contributed by atoms with E-state index in [1.807, 2.05) is 28.8 Å². The number of carbonyl (C=O) groups is 3. The van der Waals surface area contributed by atoms with Crippen molar-refractivity contribution in [3.63, 3.8) is 0 Å². The highest BCUT2D eigenvalue weighted by Crippen LogP contribution is 2.33. The molecule has 1 saturated heterocycles. The second-order valence-electron chi connectivity index (χ2n) is 10.7. The fourth-order valence-electron chi connectivity index (χ4n) is 4.44.